The lowest BCUT2D eigenvalue weighted by molar-refractivity contribution is 0.977. The van der Waals surface area contributed by atoms with Crippen LogP contribution in [-0.4, -0.2) is 9.97 Å². The fourth-order valence-electron chi connectivity index (χ4n) is 0.585. The fraction of sp³-hybridized carbons (Fsp3) is 0.200. The van der Waals surface area contributed by atoms with Crippen molar-refractivity contribution in [2.24, 2.45) is 0 Å². The molecule has 10 heavy (non-hydrogen) atoms. The molecule has 0 aliphatic rings. The fourth-order valence-corrected chi connectivity index (χ4v) is 0.854. The van der Waals surface area contributed by atoms with Crippen molar-refractivity contribution in [2.45, 2.75) is 6.92 Å². The molecule has 0 aromatic carbocycles. The predicted molar refractivity (Wildman–Crippen MR) is 45.1 cm³/mol. The number of hydrogen-bond donors (Lipinski definition) is 2. The van der Waals surface area contributed by atoms with Gasteiger partial charge in [0.15, 0.2) is 0 Å². The number of aromatic amines is 2. The van der Waals surface area contributed by atoms with Crippen LogP contribution in [0.25, 0.3) is 0 Å². The van der Waals surface area contributed by atoms with E-state index < -0.39 is 5.69 Å². The summed E-state index contributed by atoms with van der Waals surface area (Å²) in [4.78, 5) is 25.9. The summed E-state index contributed by atoms with van der Waals surface area (Å²) in [6.07, 6.45) is 0. The number of H-pyrrole nitrogens is 2. The zero-order chi connectivity index (χ0) is 7.72. The highest BCUT2D eigenvalue weighted by molar-refractivity contribution is 14.1. The van der Waals surface area contributed by atoms with E-state index in [2.05, 4.69) is 9.97 Å². The minimum atomic E-state index is -0.456. The van der Waals surface area contributed by atoms with Gasteiger partial charge in [0.05, 0.1) is 3.57 Å². The van der Waals surface area contributed by atoms with Gasteiger partial charge in [-0.3, -0.25) is 9.78 Å². The van der Waals surface area contributed by atoms with Crippen molar-refractivity contribution in [2.75, 3.05) is 0 Å². The maximum absolute atomic E-state index is 10.8. The number of halogens is 1. The van der Waals surface area contributed by atoms with Gasteiger partial charge in [-0.2, -0.15) is 0 Å². The standard InChI is InChI=1S/C5H5IN2O2/c1-2-3(6)4(9)8-5(10)7-2/h1H3,(H2,7,8,9,10). The number of hydrogen-bond acceptors (Lipinski definition) is 2. The van der Waals surface area contributed by atoms with Crippen LogP contribution in [0.15, 0.2) is 9.59 Å². The largest absolute Gasteiger partial charge is 0.325 e. The molecule has 0 unspecified atom stereocenters. The first-order valence-electron chi connectivity index (χ1n) is 2.60. The molecular weight excluding hydrogens is 247 g/mol. The number of rotatable bonds is 0. The van der Waals surface area contributed by atoms with Crippen LogP contribution in [0.1, 0.15) is 5.69 Å². The molecule has 0 aliphatic carbocycles. The Labute approximate surface area is 69.8 Å². The molecule has 1 aromatic rings. The highest BCUT2D eigenvalue weighted by atomic mass is 127. The van der Waals surface area contributed by atoms with Crippen LogP contribution >= 0.6 is 22.6 Å². The van der Waals surface area contributed by atoms with E-state index in [0.29, 0.717) is 9.26 Å². The van der Waals surface area contributed by atoms with E-state index in [9.17, 15) is 9.59 Å². The first kappa shape index (κ1) is 7.52. The monoisotopic (exact) mass is 252 g/mol. The Morgan fingerprint density at radius 1 is 1.30 bits per heavy atom. The minimum Gasteiger partial charge on any atom is -0.310 e. The summed E-state index contributed by atoms with van der Waals surface area (Å²) in [6.45, 7) is 1.68. The van der Waals surface area contributed by atoms with Gasteiger partial charge in [0.1, 0.15) is 0 Å². The topological polar surface area (TPSA) is 65.7 Å². The third-order valence-corrected chi connectivity index (χ3v) is 2.36. The second kappa shape index (κ2) is 2.57. The van der Waals surface area contributed by atoms with Crippen molar-refractivity contribution in [3.05, 3.63) is 30.1 Å². The molecule has 0 aliphatic heterocycles. The molecule has 0 saturated heterocycles. The summed E-state index contributed by atoms with van der Waals surface area (Å²) in [5.41, 5.74) is -0.181. The Hall–Kier alpha value is -0.590. The van der Waals surface area contributed by atoms with Gasteiger partial charge < -0.3 is 4.98 Å². The maximum Gasteiger partial charge on any atom is 0.325 e. The third kappa shape index (κ3) is 1.28. The van der Waals surface area contributed by atoms with Crippen LogP contribution < -0.4 is 11.2 Å². The molecule has 0 spiro atoms. The average Bonchev–Trinajstić information content (AvgIpc) is 1.82. The average molecular weight is 252 g/mol. The second-order valence-electron chi connectivity index (χ2n) is 1.85. The zero-order valence-corrected chi connectivity index (χ0v) is 7.35. The number of aryl methyl sites for hydroxylation is 1. The van der Waals surface area contributed by atoms with E-state index >= 15 is 0 Å². The molecule has 0 saturated carbocycles. The predicted octanol–water partition coefficient (Wildman–Crippen LogP) is -0.0238. The molecule has 1 rings (SSSR count). The van der Waals surface area contributed by atoms with Gasteiger partial charge >= 0.3 is 5.69 Å². The number of nitrogens with one attached hydrogen (secondary N) is 2. The quantitative estimate of drug-likeness (QED) is 0.637. The van der Waals surface area contributed by atoms with Gasteiger partial charge in [0.2, 0.25) is 0 Å². The Kier molecular flexibility index (Phi) is 1.93. The van der Waals surface area contributed by atoms with Gasteiger partial charge in [-0.05, 0) is 29.5 Å². The van der Waals surface area contributed by atoms with Crippen LogP contribution in [0.2, 0.25) is 0 Å². The second-order valence-corrected chi connectivity index (χ2v) is 2.93. The molecule has 1 aromatic heterocycles. The molecule has 0 radical (unpaired) electrons. The van der Waals surface area contributed by atoms with Gasteiger partial charge in [0, 0.05) is 5.69 Å². The first-order chi connectivity index (χ1) is 4.61. The van der Waals surface area contributed by atoms with Crippen molar-refractivity contribution in [1.82, 2.24) is 9.97 Å². The molecule has 0 atom stereocenters. The summed E-state index contributed by atoms with van der Waals surface area (Å²) in [5.74, 6) is 0. The highest BCUT2D eigenvalue weighted by Crippen LogP contribution is 1.97. The molecule has 0 bridgehead atoms. The van der Waals surface area contributed by atoms with Crippen LogP contribution in [-0.2, 0) is 0 Å². The van der Waals surface area contributed by atoms with Crippen molar-refractivity contribution in [3.8, 4) is 0 Å². The summed E-state index contributed by atoms with van der Waals surface area (Å²) in [6, 6.07) is 0. The summed E-state index contributed by atoms with van der Waals surface area (Å²) >= 11 is 1.87. The van der Waals surface area contributed by atoms with Crippen molar-refractivity contribution < 1.29 is 0 Å². The molecule has 0 amide bonds. The van der Waals surface area contributed by atoms with Gasteiger partial charge in [-0.25, -0.2) is 4.79 Å². The van der Waals surface area contributed by atoms with Gasteiger partial charge in [-0.15, -0.1) is 0 Å². The third-order valence-electron chi connectivity index (χ3n) is 1.06. The Morgan fingerprint density at radius 2 is 1.90 bits per heavy atom. The summed E-state index contributed by atoms with van der Waals surface area (Å²) in [5, 5.41) is 0. The summed E-state index contributed by atoms with van der Waals surface area (Å²) in [7, 11) is 0. The van der Waals surface area contributed by atoms with E-state index in [1.807, 2.05) is 22.6 Å². The molecular formula is C5H5IN2O2. The lowest BCUT2D eigenvalue weighted by Gasteiger charge is -1.92. The first-order valence-corrected chi connectivity index (χ1v) is 3.68. The van der Waals surface area contributed by atoms with E-state index in [1.54, 1.807) is 6.92 Å². The molecule has 2 N–H and O–H groups in total. The van der Waals surface area contributed by atoms with Crippen LogP contribution in [0.4, 0.5) is 0 Å². The Bertz CT molecular complexity index is 351. The Balaban J connectivity index is 3.62. The number of aromatic nitrogens is 2. The van der Waals surface area contributed by atoms with Crippen molar-refractivity contribution in [3.63, 3.8) is 0 Å². The smallest absolute Gasteiger partial charge is 0.310 e. The minimum absolute atomic E-state index is 0.332. The maximum atomic E-state index is 10.8. The zero-order valence-electron chi connectivity index (χ0n) is 5.19. The van der Waals surface area contributed by atoms with E-state index in [4.69, 9.17) is 0 Å². The van der Waals surface area contributed by atoms with Gasteiger partial charge in [0.25, 0.3) is 5.56 Å². The highest BCUT2D eigenvalue weighted by Gasteiger charge is 1.98. The van der Waals surface area contributed by atoms with Crippen molar-refractivity contribution in [1.29, 1.82) is 0 Å². The SMILES string of the molecule is Cc1[nH]c(=O)[nH]c(=O)c1I. The van der Waals surface area contributed by atoms with E-state index in [0.717, 1.165) is 0 Å². The normalized spacial score (nSPS) is 9.80. The molecule has 4 nitrogen and oxygen atoms in total. The molecule has 5 heteroatoms. The summed E-state index contributed by atoms with van der Waals surface area (Å²) < 4.78 is 0.525. The lowest BCUT2D eigenvalue weighted by atomic mass is 10.5. The Morgan fingerprint density at radius 3 is 2.40 bits per heavy atom. The van der Waals surface area contributed by atoms with E-state index in [1.165, 1.54) is 0 Å². The van der Waals surface area contributed by atoms with Gasteiger partial charge in [-0.1, -0.05) is 0 Å². The van der Waals surface area contributed by atoms with Crippen molar-refractivity contribution >= 4 is 22.6 Å². The molecule has 0 fully saturated rings. The van der Waals surface area contributed by atoms with Crippen LogP contribution in [0.5, 0.6) is 0 Å². The molecule has 1 heterocycles. The molecule has 54 valence electrons. The lowest BCUT2D eigenvalue weighted by Crippen LogP contribution is -2.25. The van der Waals surface area contributed by atoms with Crippen LogP contribution in [0.3, 0.4) is 0 Å². The van der Waals surface area contributed by atoms with E-state index in [-0.39, 0.29) is 5.56 Å². The van der Waals surface area contributed by atoms with Crippen LogP contribution in [0, 0.1) is 10.5 Å².